The molecule has 0 amide bonds. The lowest BCUT2D eigenvalue weighted by Gasteiger charge is -2.43. The fourth-order valence-electron chi connectivity index (χ4n) is 5.39. The van der Waals surface area contributed by atoms with Crippen molar-refractivity contribution in [2.45, 2.75) is 63.5 Å². The summed E-state index contributed by atoms with van der Waals surface area (Å²) >= 11 is 0. The van der Waals surface area contributed by atoms with Crippen molar-refractivity contribution in [2.24, 2.45) is 11.1 Å². The maximum absolute atomic E-state index is 10.6. The van der Waals surface area contributed by atoms with Gasteiger partial charge in [0.2, 0.25) is 0 Å². The van der Waals surface area contributed by atoms with Crippen LogP contribution in [0.1, 0.15) is 57.4 Å². The van der Waals surface area contributed by atoms with Crippen LogP contribution in [0.25, 0.3) is 10.8 Å². The summed E-state index contributed by atoms with van der Waals surface area (Å²) in [6.45, 7) is 4.26. The van der Waals surface area contributed by atoms with Crippen molar-refractivity contribution < 1.29 is 14.7 Å². The van der Waals surface area contributed by atoms with Gasteiger partial charge in [-0.25, -0.2) is 0 Å². The molecule has 1 saturated carbocycles. The Balaban J connectivity index is 1.52. The van der Waals surface area contributed by atoms with Gasteiger partial charge in [0.05, 0.1) is 18.4 Å². The third-order valence-corrected chi connectivity index (χ3v) is 7.43. The molecule has 0 spiro atoms. The van der Waals surface area contributed by atoms with E-state index in [2.05, 4.69) is 47.3 Å². The van der Waals surface area contributed by atoms with Gasteiger partial charge in [0, 0.05) is 24.1 Å². The van der Waals surface area contributed by atoms with Gasteiger partial charge in [-0.05, 0) is 80.5 Å². The smallest absolute Gasteiger partial charge is 0.119 e. The van der Waals surface area contributed by atoms with Crippen LogP contribution in [0.4, 0.5) is 0 Å². The summed E-state index contributed by atoms with van der Waals surface area (Å²) < 4.78 is 5.36. The third kappa shape index (κ3) is 4.88. The zero-order chi connectivity index (χ0) is 21.8. The van der Waals surface area contributed by atoms with Gasteiger partial charge in [-0.1, -0.05) is 30.3 Å². The van der Waals surface area contributed by atoms with Crippen molar-refractivity contribution in [3.8, 4) is 5.75 Å². The van der Waals surface area contributed by atoms with Crippen LogP contribution in [0.5, 0.6) is 5.75 Å². The van der Waals surface area contributed by atoms with Gasteiger partial charge in [0.1, 0.15) is 12.9 Å². The van der Waals surface area contributed by atoms with Crippen LogP contribution in [0.15, 0.2) is 41.6 Å². The molecule has 1 aliphatic heterocycles. The second-order valence-corrected chi connectivity index (χ2v) is 9.23. The summed E-state index contributed by atoms with van der Waals surface area (Å²) in [6.07, 6.45) is 7.18. The molecular formula is C26H36N2O3. The zero-order valence-corrected chi connectivity index (χ0v) is 19.1. The second kappa shape index (κ2) is 9.58. The molecule has 31 heavy (non-hydrogen) atoms. The summed E-state index contributed by atoms with van der Waals surface area (Å²) in [5, 5.41) is 17.5. The van der Waals surface area contributed by atoms with Crippen molar-refractivity contribution in [1.82, 2.24) is 4.90 Å². The number of oxime groups is 1. The van der Waals surface area contributed by atoms with E-state index in [1.807, 2.05) is 6.07 Å². The number of fused-ring (bicyclic) bond motifs is 1. The second-order valence-electron chi connectivity index (χ2n) is 9.23. The van der Waals surface area contributed by atoms with E-state index in [1.54, 1.807) is 14.2 Å². The molecule has 1 atom stereocenters. The molecule has 2 aliphatic rings. The van der Waals surface area contributed by atoms with Crippen LogP contribution in [0, 0.1) is 5.92 Å². The molecule has 1 aliphatic carbocycles. The quantitative estimate of drug-likeness (QED) is 0.524. The summed E-state index contributed by atoms with van der Waals surface area (Å²) in [7, 11) is 3.34. The first-order valence-electron chi connectivity index (χ1n) is 11.7. The third-order valence-electron chi connectivity index (χ3n) is 7.43. The molecule has 1 unspecified atom stereocenters. The first-order valence-corrected chi connectivity index (χ1v) is 11.7. The van der Waals surface area contributed by atoms with Crippen molar-refractivity contribution in [3.63, 3.8) is 0 Å². The molecule has 0 aromatic heterocycles. The Hall–Kier alpha value is -2.11. The van der Waals surface area contributed by atoms with E-state index in [4.69, 9.17) is 9.57 Å². The fraction of sp³-hybridized carbons (Fsp3) is 0.577. The number of hydrogen-bond acceptors (Lipinski definition) is 5. The van der Waals surface area contributed by atoms with Crippen LogP contribution in [-0.2, 0) is 4.84 Å². The fourth-order valence-corrected chi connectivity index (χ4v) is 5.39. The summed E-state index contributed by atoms with van der Waals surface area (Å²) in [6, 6.07) is 13.3. The maximum Gasteiger partial charge on any atom is 0.119 e. The van der Waals surface area contributed by atoms with Gasteiger partial charge in [-0.15, -0.1) is 0 Å². The molecular weight excluding hydrogens is 388 g/mol. The number of methoxy groups -OCH3 is 1. The van der Waals surface area contributed by atoms with E-state index in [-0.39, 0.29) is 0 Å². The van der Waals surface area contributed by atoms with Gasteiger partial charge < -0.3 is 14.7 Å². The molecule has 168 valence electrons. The van der Waals surface area contributed by atoms with E-state index >= 15 is 0 Å². The van der Waals surface area contributed by atoms with Crippen molar-refractivity contribution in [2.75, 3.05) is 27.3 Å². The molecule has 1 heterocycles. The molecule has 0 radical (unpaired) electrons. The average molecular weight is 425 g/mol. The zero-order valence-electron chi connectivity index (χ0n) is 19.1. The lowest BCUT2D eigenvalue weighted by molar-refractivity contribution is -0.0270. The molecule has 1 N–H and O–H groups in total. The van der Waals surface area contributed by atoms with E-state index in [9.17, 15) is 5.11 Å². The van der Waals surface area contributed by atoms with E-state index in [0.717, 1.165) is 74.0 Å². The summed E-state index contributed by atoms with van der Waals surface area (Å²) in [5.41, 5.74) is 1.74. The first kappa shape index (κ1) is 22.1. The maximum atomic E-state index is 10.6. The highest BCUT2D eigenvalue weighted by Crippen LogP contribution is 2.35. The molecule has 1 saturated heterocycles. The Morgan fingerprint density at radius 2 is 1.84 bits per heavy atom. The van der Waals surface area contributed by atoms with E-state index in [0.29, 0.717) is 12.0 Å². The van der Waals surface area contributed by atoms with Crippen LogP contribution in [0.3, 0.4) is 0 Å². The van der Waals surface area contributed by atoms with Crippen LogP contribution in [-0.4, -0.2) is 54.7 Å². The number of hydrogen-bond donors (Lipinski definition) is 1. The van der Waals surface area contributed by atoms with Crippen LogP contribution >= 0.6 is 0 Å². The molecule has 4 rings (SSSR count). The Kier molecular flexibility index (Phi) is 6.83. The largest absolute Gasteiger partial charge is 0.497 e. The number of benzene rings is 2. The molecule has 5 nitrogen and oxygen atoms in total. The molecule has 2 aromatic rings. The van der Waals surface area contributed by atoms with Crippen LogP contribution in [0.2, 0.25) is 0 Å². The van der Waals surface area contributed by atoms with Crippen molar-refractivity contribution >= 4 is 16.5 Å². The predicted octanol–water partition coefficient (Wildman–Crippen LogP) is 4.99. The van der Waals surface area contributed by atoms with Gasteiger partial charge in [-0.2, -0.15) is 0 Å². The number of piperidine rings is 1. The topological polar surface area (TPSA) is 54.3 Å². The van der Waals surface area contributed by atoms with E-state index in [1.165, 1.54) is 11.8 Å². The molecule has 2 fully saturated rings. The lowest BCUT2D eigenvalue weighted by atomic mass is 9.79. The van der Waals surface area contributed by atoms with Gasteiger partial charge >= 0.3 is 0 Å². The SMILES string of the molecule is CCC1(O)CCC(N2CCCC(/C(=N\OC)c3ccc4cc(OC)ccc4c3)C2)CC1. The Morgan fingerprint density at radius 3 is 2.55 bits per heavy atom. The Morgan fingerprint density at radius 1 is 1.10 bits per heavy atom. The minimum absolute atomic E-state index is 0.358. The van der Waals surface area contributed by atoms with Crippen molar-refractivity contribution in [1.29, 1.82) is 0 Å². The van der Waals surface area contributed by atoms with Gasteiger partial charge in [0.25, 0.3) is 0 Å². The van der Waals surface area contributed by atoms with Gasteiger partial charge in [-0.3, -0.25) is 4.90 Å². The minimum Gasteiger partial charge on any atom is -0.497 e. The highest BCUT2D eigenvalue weighted by Gasteiger charge is 2.36. The number of rotatable bonds is 6. The Labute approximate surface area is 186 Å². The highest BCUT2D eigenvalue weighted by atomic mass is 16.6. The molecule has 0 bridgehead atoms. The summed E-state index contributed by atoms with van der Waals surface area (Å²) in [4.78, 5) is 7.94. The monoisotopic (exact) mass is 424 g/mol. The molecule has 2 aromatic carbocycles. The van der Waals surface area contributed by atoms with Gasteiger partial charge in [0.15, 0.2) is 0 Å². The number of nitrogens with zero attached hydrogens (tertiary/aromatic N) is 2. The first-order chi connectivity index (χ1) is 15.0. The average Bonchev–Trinajstić information content (AvgIpc) is 2.82. The molecule has 5 heteroatoms. The Bertz CT molecular complexity index is 918. The normalized spacial score (nSPS) is 27.9. The number of likely N-dealkylation sites (tertiary alicyclic amines) is 1. The van der Waals surface area contributed by atoms with Crippen molar-refractivity contribution in [3.05, 3.63) is 42.0 Å². The predicted molar refractivity (Wildman–Crippen MR) is 126 cm³/mol. The highest BCUT2D eigenvalue weighted by molar-refractivity contribution is 6.04. The van der Waals surface area contributed by atoms with Crippen LogP contribution < -0.4 is 4.74 Å². The minimum atomic E-state index is -0.442. The number of aliphatic hydroxyl groups is 1. The lowest BCUT2D eigenvalue weighted by Crippen LogP contribution is -2.48. The standard InChI is InChI=1S/C26H36N2O3/c1-4-26(29)13-11-23(12-14-26)28-15-5-6-22(18-28)25(27-31-3)21-8-7-20-17-24(30-2)10-9-19(20)16-21/h7-10,16-17,22-23,29H,4-6,11-15,18H2,1-3H3/b27-25-. The summed E-state index contributed by atoms with van der Waals surface area (Å²) in [5.74, 6) is 1.23. The van der Waals surface area contributed by atoms with E-state index < -0.39 is 5.60 Å². The number of ether oxygens (including phenoxy) is 1.